The van der Waals surface area contributed by atoms with Gasteiger partial charge in [-0.25, -0.2) is 4.79 Å². The third-order valence-electron chi connectivity index (χ3n) is 5.42. The van der Waals surface area contributed by atoms with E-state index in [1.165, 1.54) is 6.08 Å². The lowest BCUT2D eigenvalue weighted by Crippen LogP contribution is -2.50. The van der Waals surface area contributed by atoms with Crippen LogP contribution in [0.4, 0.5) is 18.0 Å². The van der Waals surface area contributed by atoms with Gasteiger partial charge in [0, 0.05) is 18.7 Å². The third-order valence-corrected chi connectivity index (χ3v) is 5.42. The first-order chi connectivity index (χ1) is 17.2. The zero-order valence-electron chi connectivity index (χ0n) is 19.3. The topological polar surface area (TPSA) is 91.3 Å². The third kappa shape index (κ3) is 8.57. The number of benzene rings is 2. The molecule has 2 atom stereocenters. The molecule has 0 aliphatic rings. The Labute approximate surface area is 206 Å². The number of halogens is 3. The first-order valence-corrected chi connectivity index (χ1v) is 11.3. The molecule has 0 spiro atoms. The molecule has 0 saturated heterocycles. The van der Waals surface area contributed by atoms with Crippen LogP contribution in [0.1, 0.15) is 28.8 Å². The highest BCUT2D eigenvalue weighted by atomic mass is 19.4. The van der Waals surface area contributed by atoms with Crippen molar-refractivity contribution in [3.05, 3.63) is 107 Å². The zero-order valence-corrected chi connectivity index (χ0v) is 19.3. The maximum atomic E-state index is 13.1. The van der Waals surface area contributed by atoms with Crippen LogP contribution >= 0.6 is 0 Å². The Balaban J connectivity index is 1.79. The molecule has 6 nitrogen and oxygen atoms in total. The van der Waals surface area contributed by atoms with Gasteiger partial charge in [-0.1, -0.05) is 66.7 Å². The van der Waals surface area contributed by atoms with Crippen LogP contribution in [0.2, 0.25) is 0 Å². The number of pyridine rings is 1. The molecule has 3 rings (SSSR count). The minimum Gasteiger partial charge on any atom is -0.465 e. The van der Waals surface area contributed by atoms with Gasteiger partial charge in [0.2, 0.25) is 5.91 Å². The van der Waals surface area contributed by atoms with Crippen molar-refractivity contribution in [2.24, 2.45) is 0 Å². The molecule has 1 heterocycles. The highest BCUT2D eigenvalue weighted by molar-refractivity contribution is 5.86. The Morgan fingerprint density at radius 3 is 2.19 bits per heavy atom. The van der Waals surface area contributed by atoms with E-state index in [-0.39, 0.29) is 12.1 Å². The van der Waals surface area contributed by atoms with E-state index in [0.29, 0.717) is 12.8 Å². The minimum absolute atomic E-state index is 0.0910. The molecule has 0 bridgehead atoms. The molecule has 0 radical (unpaired) electrons. The van der Waals surface area contributed by atoms with Gasteiger partial charge in [0.1, 0.15) is 6.04 Å². The number of aromatic nitrogens is 1. The van der Waals surface area contributed by atoms with E-state index in [1.54, 1.807) is 30.3 Å². The Morgan fingerprint density at radius 2 is 1.58 bits per heavy atom. The number of nitrogens with zero attached hydrogens (tertiary/aromatic N) is 1. The van der Waals surface area contributed by atoms with Crippen molar-refractivity contribution < 1.29 is 27.9 Å². The molecular formula is C27H26F3N3O3. The Hall–Kier alpha value is -4.14. The molecule has 0 aliphatic heterocycles. The summed E-state index contributed by atoms with van der Waals surface area (Å²) in [5.41, 5.74) is 1.06. The smallest absolute Gasteiger partial charge is 0.416 e. The van der Waals surface area contributed by atoms with Gasteiger partial charge >= 0.3 is 12.3 Å². The normalized spacial score (nSPS) is 13.2. The van der Waals surface area contributed by atoms with Crippen LogP contribution < -0.4 is 10.6 Å². The lowest BCUT2D eigenvalue weighted by atomic mass is 10.0. The SMILES string of the molecule is O=C(O)N[C@@H](Cc1ccccc1)C(=O)N[C@H](/C=C/c1cc(C(F)(F)F)ccn1)CCc1ccccc1. The molecular weight excluding hydrogens is 471 g/mol. The highest BCUT2D eigenvalue weighted by Gasteiger charge is 2.30. The lowest BCUT2D eigenvalue weighted by Gasteiger charge is -2.21. The van der Waals surface area contributed by atoms with Gasteiger partial charge in [-0.15, -0.1) is 0 Å². The minimum atomic E-state index is -4.50. The molecule has 3 aromatic rings. The standard InChI is InChI=1S/C27H26F3N3O3/c28-27(29,30)21-15-16-31-23(18-21)14-13-22(12-11-19-7-3-1-4-8-19)32-25(34)24(33-26(35)36)17-20-9-5-2-6-10-20/h1-10,13-16,18,22,24,33H,11-12,17H2,(H,32,34)(H,35,36)/b14-13+/t22-,24-/m0/s1. The molecule has 2 amide bonds. The second-order valence-electron chi connectivity index (χ2n) is 8.16. The zero-order chi connectivity index (χ0) is 26.0. The molecule has 36 heavy (non-hydrogen) atoms. The van der Waals surface area contributed by atoms with Gasteiger partial charge in [0.05, 0.1) is 11.3 Å². The number of carbonyl (C=O) groups excluding carboxylic acids is 1. The average molecular weight is 498 g/mol. The number of aryl methyl sites for hydroxylation is 1. The first kappa shape index (κ1) is 26.5. The summed E-state index contributed by atoms with van der Waals surface area (Å²) < 4.78 is 39.2. The maximum absolute atomic E-state index is 13.1. The van der Waals surface area contributed by atoms with E-state index in [0.717, 1.165) is 29.5 Å². The summed E-state index contributed by atoms with van der Waals surface area (Å²) in [6, 6.07) is 18.7. The number of nitrogens with one attached hydrogen (secondary N) is 2. The number of alkyl halides is 3. The van der Waals surface area contributed by atoms with Gasteiger partial charge < -0.3 is 15.7 Å². The second kappa shape index (κ2) is 12.5. The van der Waals surface area contributed by atoms with Crippen molar-refractivity contribution >= 4 is 18.1 Å². The quantitative estimate of drug-likeness (QED) is 0.363. The summed E-state index contributed by atoms with van der Waals surface area (Å²) in [6.07, 6.45) is -0.602. The predicted molar refractivity (Wildman–Crippen MR) is 130 cm³/mol. The fraction of sp³-hybridized carbons (Fsp3) is 0.222. The Kier molecular flexibility index (Phi) is 9.21. The number of hydrogen-bond donors (Lipinski definition) is 3. The predicted octanol–water partition coefficient (Wildman–Crippen LogP) is 5.11. The van der Waals surface area contributed by atoms with E-state index in [2.05, 4.69) is 15.6 Å². The molecule has 3 N–H and O–H groups in total. The van der Waals surface area contributed by atoms with Gasteiger partial charge in [-0.05, 0) is 42.2 Å². The molecule has 0 saturated carbocycles. The molecule has 9 heteroatoms. The maximum Gasteiger partial charge on any atom is 0.416 e. The van der Waals surface area contributed by atoms with Crippen molar-refractivity contribution in [3.8, 4) is 0 Å². The van der Waals surface area contributed by atoms with E-state index < -0.39 is 35.8 Å². The van der Waals surface area contributed by atoms with Gasteiger partial charge in [0.15, 0.2) is 0 Å². The number of carbonyl (C=O) groups is 2. The number of hydrogen-bond acceptors (Lipinski definition) is 3. The average Bonchev–Trinajstić information content (AvgIpc) is 2.86. The summed E-state index contributed by atoms with van der Waals surface area (Å²) in [5, 5.41) is 14.3. The van der Waals surface area contributed by atoms with Crippen molar-refractivity contribution in [1.29, 1.82) is 0 Å². The van der Waals surface area contributed by atoms with Crippen molar-refractivity contribution in [2.75, 3.05) is 0 Å². The van der Waals surface area contributed by atoms with Gasteiger partial charge in [-0.3, -0.25) is 9.78 Å². The number of carboxylic acid groups (broad SMARTS) is 1. The summed E-state index contributed by atoms with van der Waals surface area (Å²) in [6.45, 7) is 0. The van der Waals surface area contributed by atoms with Crippen molar-refractivity contribution in [1.82, 2.24) is 15.6 Å². The van der Waals surface area contributed by atoms with Crippen LogP contribution in [0.15, 0.2) is 85.1 Å². The van der Waals surface area contributed by atoms with Gasteiger partial charge in [0.25, 0.3) is 0 Å². The number of rotatable bonds is 10. The fourth-order valence-electron chi connectivity index (χ4n) is 3.61. The van der Waals surface area contributed by atoms with Crippen LogP contribution in [0.5, 0.6) is 0 Å². The summed E-state index contributed by atoms with van der Waals surface area (Å²) >= 11 is 0. The number of amides is 2. The van der Waals surface area contributed by atoms with E-state index in [9.17, 15) is 27.9 Å². The molecule has 188 valence electrons. The Morgan fingerprint density at radius 1 is 0.944 bits per heavy atom. The molecule has 1 aromatic heterocycles. The summed E-state index contributed by atoms with van der Waals surface area (Å²) in [7, 11) is 0. The first-order valence-electron chi connectivity index (χ1n) is 11.3. The summed E-state index contributed by atoms with van der Waals surface area (Å²) in [4.78, 5) is 28.3. The lowest BCUT2D eigenvalue weighted by molar-refractivity contribution is -0.137. The van der Waals surface area contributed by atoms with Crippen molar-refractivity contribution in [2.45, 2.75) is 37.5 Å². The summed E-state index contributed by atoms with van der Waals surface area (Å²) in [5.74, 6) is -0.541. The monoisotopic (exact) mass is 497 g/mol. The molecule has 0 unspecified atom stereocenters. The largest absolute Gasteiger partial charge is 0.465 e. The van der Waals surface area contributed by atoms with Crippen LogP contribution in [-0.2, 0) is 23.8 Å². The van der Waals surface area contributed by atoms with Crippen LogP contribution in [0.25, 0.3) is 6.08 Å². The van der Waals surface area contributed by atoms with Crippen molar-refractivity contribution in [3.63, 3.8) is 0 Å². The van der Waals surface area contributed by atoms with Crippen LogP contribution in [0.3, 0.4) is 0 Å². The van der Waals surface area contributed by atoms with E-state index in [4.69, 9.17) is 0 Å². The van der Waals surface area contributed by atoms with Crippen LogP contribution in [-0.4, -0.2) is 34.2 Å². The van der Waals surface area contributed by atoms with E-state index >= 15 is 0 Å². The van der Waals surface area contributed by atoms with Crippen LogP contribution in [0, 0.1) is 0 Å². The molecule has 2 aromatic carbocycles. The molecule has 0 fully saturated rings. The Bertz CT molecular complexity index is 1170. The molecule has 0 aliphatic carbocycles. The fourth-order valence-corrected chi connectivity index (χ4v) is 3.61. The highest BCUT2D eigenvalue weighted by Crippen LogP contribution is 2.29. The van der Waals surface area contributed by atoms with E-state index in [1.807, 2.05) is 36.4 Å². The van der Waals surface area contributed by atoms with Gasteiger partial charge in [-0.2, -0.15) is 13.2 Å². The second-order valence-corrected chi connectivity index (χ2v) is 8.16.